The van der Waals surface area contributed by atoms with Crippen LogP contribution in [0.1, 0.15) is 22.3 Å². The summed E-state index contributed by atoms with van der Waals surface area (Å²) in [6.07, 6.45) is 0. The summed E-state index contributed by atoms with van der Waals surface area (Å²) in [5, 5.41) is 18.8. The summed E-state index contributed by atoms with van der Waals surface area (Å²) < 4.78 is 0. The van der Waals surface area contributed by atoms with Crippen LogP contribution in [0.15, 0.2) is 23.0 Å². The quantitative estimate of drug-likeness (QED) is 0.821. The van der Waals surface area contributed by atoms with Crippen molar-refractivity contribution in [3.8, 4) is 23.1 Å². The lowest BCUT2D eigenvalue weighted by Gasteiger charge is -2.13. The van der Waals surface area contributed by atoms with E-state index < -0.39 is 5.56 Å². The number of hydrogen-bond acceptors (Lipinski definition) is 3. The molecule has 0 aliphatic rings. The highest BCUT2D eigenvalue weighted by Gasteiger charge is 2.15. The van der Waals surface area contributed by atoms with E-state index in [9.17, 15) is 9.90 Å². The van der Waals surface area contributed by atoms with E-state index in [4.69, 9.17) is 5.26 Å². The zero-order valence-electron chi connectivity index (χ0n) is 11.0. The molecule has 0 amide bonds. The fraction of sp³-hybridized carbons (Fsp3) is 0.200. The zero-order chi connectivity index (χ0) is 14.2. The van der Waals surface area contributed by atoms with Crippen LogP contribution in [0.2, 0.25) is 0 Å². The van der Waals surface area contributed by atoms with Gasteiger partial charge in [0.1, 0.15) is 11.6 Å². The molecular formula is C15H14N2O2. The fourth-order valence-electron chi connectivity index (χ4n) is 2.46. The molecular weight excluding hydrogens is 240 g/mol. The number of nitriles is 1. The largest absolute Gasteiger partial charge is 0.494 e. The van der Waals surface area contributed by atoms with Crippen LogP contribution in [0, 0.1) is 32.1 Å². The topological polar surface area (TPSA) is 76.9 Å². The van der Waals surface area contributed by atoms with Crippen LogP contribution < -0.4 is 5.56 Å². The van der Waals surface area contributed by atoms with Crippen LogP contribution in [-0.2, 0) is 0 Å². The standard InChI is InChI=1S/C15H14N2O2/c1-8-4-9(2)14(10(3)5-8)11-6-13(18)17-15(19)12(11)7-16/h4-6H,1-3H3,(H2,17,18,19). The Hall–Kier alpha value is -2.54. The van der Waals surface area contributed by atoms with Crippen LogP contribution in [0.3, 0.4) is 0 Å². The monoisotopic (exact) mass is 254 g/mol. The van der Waals surface area contributed by atoms with E-state index >= 15 is 0 Å². The smallest absolute Gasteiger partial charge is 0.251 e. The number of aromatic hydroxyl groups is 1. The van der Waals surface area contributed by atoms with E-state index in [0.717, 1.165) is 22.3 Å². The van der Waals surface area contributed by atoms with Gasteiger partial charge >= 0.3 is 0 Å². The third-order valence-electron chi connectivity index (χ3n) is 3.08. The first kappa shape index (κ1) is 12.9. The lowest BCUT2D eigenvalue weighted by atomic mass is 9.92. The number of nitrogens with one attached hydrogen (secondary N) is 1. The highest BCUT2D eigenvalue weighted by atomic mass is 16.3. The number of aryl methyl sites for hydroxylation is 3. The molecule has 0 aliphatic carbocycles. The van der Waals surface area contributed by atoms with E-state index in [1.807, 2.05) is 39.0 Å². The lowest BCUT2D eigenvalue weighted by Crippen LogP contribution is -2.07. The first-order valence-electron chi connectivity index (χ1n) is 5.88. The summed E-state index contributed by atoms with van der Waals surface area (Å²) in [5.74, 6) is -0.385. The minimum atomic E-state index is -0.425. The van der Waals surface area contributed by atoms with Crippen molar-refractivity contribution in [1.82, 2.24) is 4.98 Å². The van der Waals surface area contributed by atoms with Gasteiger partial charge in [0.05, 0.1) is 0 Å². The number of benzene rings is 1. The van der Waals surface area contributed by atoms with E-state index in [2.05, 4.69) is 4.98 Å². The van der Waals surface area contributed by atoms with Gasteiger partial charge in [0.15, 0.2) is 0 Å². The van der Waals surface area contributed by atoms with Crippen molar-refractivity contribution in [2.45, 2.75) is 20.8 Å². The van der Waals surface area contributed by atoms with Gasteiger partial charge in [0.2, 0.25) is 5.88 Å². The summed E-state index contributed by atoms with van der Waals surface area (Å²) in [7, 11) is 0. The van der Waals surface area contributed by atoms with Crippen molar-refractivity contribution in [3.63, 3.8) is 0 Å². The molecule has 0 saturated carbocycles. The minimum absolute atomic E-state index is 0.0923. The summed E-state index contributed by atoms with van der Waals surface area (Å²) in [6.45, 7) is 5.84. The van der Waals surface area contributed by atoms with E-state index in [1.165, 1.54) is 6.07 Å². The second-order valence-corrected chi connectivity index (χ2v) is 4.66. The molecule has 0 fully saturated rings. The van der Waals surface area contributed by atoms with Gasteiger partial charge in [-0.3, -0.25) is 9.78 Å². The highest BCUT2D eigenvalue weighted by molar-refractivity contribution is 5.77. The van der Waals surface area contributed by atoms with Crippen molar-refractivity contribution in [1.29, 1.82) is 5.26 Å². The molecule has 1 aromatic carbocycles. The second kappa shape index (κ2) is 4.62. The Morgan fingerprint density at radius 1 is 1.16 bits per heavy atom. The number of nitrogens with zero attached hydrogens (tertiary/aromatic N) is 1. The molecule has 0 unspecified atom stereocenters. The molecule has 1 aromatic heterocycles. The summed E-state index contributed by atoms with van der Waals surface area (Å²) >= 11 is 0. The molecule has 4 nitrogen and oxygen atoms in total. The highest BCUT2D eigenvalue weighted by Crippen LogP contribution is 2.32. The van der Waals surface area contributed by atoms with Gasteiger partial charge in [-0.15, -0.1) is 0 Å². The Balaban J connectivity index is 2.88. The van der Waals surface area contributed by atoms with Gasteiger partial charge in [-0.05, 0) is 37.5 Å². The molecule has 2 aromatic rings. The van der Waals surface area contributed by atoms with E-state index in [-0.39, 0.29) is 11.4 Å². The third kappa shape index (κ3) is 2.23. The molecule has 0 saturated heterocycles. The van der Waals surface area contributed by atoms with Gasteiger partial charge in [-0.2, -0.15) is 5.26 Å². The molecule has 0 aliphatic heterocycles. The molecule has 0 spiro atoms. The molecule has 0 bridgehead atoms. The predicted molar refractivity (Wildman–Crippen MR) is 73.1 cm³/mol. The van der Waals surface area contributed by atoms with Gasteiger partial charge in [-0.25, -0.2) is 0 Å². The first-order valence-corrected chi connectivity index (χ1v) is 5.88. The molecule has 4 heteroatoms. The zero-order valence-corrected chi connectivity index (χ0v) is 11.0. The maximum absolute atomic E-state index is 11.5. The molecule has 0 atom stereocenters. The minimum Gasteiger partial charge on any atom is -0.494 e. The number of H-pyrrole nitrogens is 1. The van der Waals surface area contributed by atoms with Gasteiger partial charge < -0.3 is 5.11 Å². The number of aromatic amines is 1. The van der Waals surface area contributed by atoms with Crippen LogP contribution in [0.5, 0.6) is 5.88 Å². The number of pyridine rings is 1. The molecule has 19 heavy (non-hydrogen) atoms. The van der Waals surface area contributed by atoms with Crippen molar-refractivity contribution in [2.24, 2.45) is 0 Å². The Bertz CT molecular complexity index is 729. The van der Waals surface area contributed by atoms with Crippen molar-refractivity contribution in [2.75, 3.05) is 0 Å². The molecule has 96 valence electrons. The van der Waals surface area contributed by atoms with E-state index in [0.29, 0.717) is 5.56 Å². The summed E-state index contributed by atoms with van der Waals surface area (Å²) in [4.78, 5) is 13.7. The van der Waals surface area contributed by atoms with Crippen LogP contribution in [0.4, 0.5) is 0 Å². The SMILES string of the molecule is Cc1cc(C)c(-c2cc(=O)[nH]c(O)c2C#N)c(C)c1. The van der Waals surface area contributed by atoms with Crippen molar-refractivity contribution in [3.05, 3.63) is 50.8 Å². The van der Waals surface area contributed by atoms with Crippen molar-refractivity contribution < 1.29 is 5.11 Å². The maximum Gasteiger partial charge on any atom is 0.251 e. The summed E-state index contributed by atoms with van der Waals surface area (Å²) in [5.41, 5.74) is 4.02. The fourth-order valence-corrected chi connectivity index (χ4v) is 2.46. The second-order valence-electron chi connectivity index (χ2n) is 4.66. The Kier molecular flexibility index (Phi) is 3.14. The number of hydrogen-bond donors (Lipinski definition) is 2. The Morgan fingerprint density at radius 3 is 2.26 bits per heavy atom. The third-order valence-corrected chi connectivity index (χ3v) is 3.08. The van der Waals surface area contributed by atoms with E-state index in [1.54, 1.807) is 0 Å². The van der Waals surface area contributed by atoms with Crippen LogP contribution >= 0.6 is 0 Å². The van der Waals surface area contributed by atoms with Crippen LogP contribution in [0.25, 0.3) is 11.1 Å². The average Bonchev–Trinajstić information content (AvgIpc) is 2.26. The normalized spacial score (nSPS) is 10.2. The lowest BCUT2D eigenvalue weighted by molar-refractivity contribution is 0.450. The van der Waals surface area contributed by atoms with Crippen molar-refractivity contribution >= 4 is 0 Å². The maximum atomic E-state index is 11.5. The predicted octanol–water partition coefficient (Wildman–Crippen LogP) is 2.54. The molecule has 2 N–H and O–H groups in total. The Morgan fingerprint density at radius 2 is 1.74 bits per heavy atom. The Labute approximate surface area is 111 Å². The first-order chi connectivity index (χ1) is 8.93. The number of aromatic nitrogens is 1. The summed E-state index contributed by atoms with van der Waals surface area (Å²) in [6, 6.07) is 7.26. The van der Waals surface area contributed by atoms with Gasteiger partial charge in [-0.1, -0.05) is 17.7 Å². The average molecular weight is 254 g/mol. The molecule has 2 rings (SSSR count). The van der Waals surface area contributed by atoms with Gasteiger partial charge in [0, 0.05) is 11.6 Å². The molecule has 1 heterocycles. The van der Waals surface area contributed by atoms with Gasteiger partial charge in [0.25, 0.3) is 5.56 Å². The number of rotatable bonds is 1. The molecule has 0 radical (unpaired) electrons. The van der Waals surface area contributed by atoms with Crippen LogP contribution in [-0.4, -0.2) is 10.1 Å².